The number of hydrogen-bond acceptors (Lipinski definition) is 2. The molecule has 0 unspecified atom stereocenters. The van der Waals surface area contributed by atoms with E-state index in [2.05, 4.69) is 18.9 Å². The van der Waals surface area contributed by atoms with Gasteiger partial charge in [-0.25, -0.2) is 0 Å². The van der Waals surface area contributed by atoms with Gasteiger partial charge in [-0.2, -0.15) is 5.10 Å². The summed E-state index contributed by atoms with van der Waals surface area (Å²) >= 11 is 0. The van der Waals surface area contributed by atoms with E-state index >= 15 is 0 Å². The van der Waals surface area contributed by atoms with Gasteiger partial charge in [0.25, 0.3) is 0 Å². The van der Waals surface area contributed by atoms with E-state index in [0.29, 0.717) is 12.5 Å². The van der Waals surface area contributed by atoms with Gasteiger partial charge in [0.05, 0.1) is 11.1 Å². The fourth-order valence-corrected chi connectivity index (χ4v) is 2.41. The zero-order valence-electron chi connectivity index (χ0n) is 10.9. The summed E-state index contributed by atoms with van der Waals surface area (Å²) in [7, 11) is 0. The molecule has 0 saturated heterocycles. The molecule has 1 fully saturated rings. The standard InChI is InChI=1S/C13H20N2O2/c1-8(2)15-10(4)11(9(3)14-15)7-13(5-6-13)12(16)17/h8H,5-7H2,1-4H3,(H,16,17). The summed E-state index contributed by atoms with van der Waals surface area (Å²) in [4.78, 5) is 11.2. The Morgan fingerprint density at radius 1 is 1.47 bits per heavy atom. The second-order valence-electron chi connectivity index (χ2n) is 5.45. The molecule has 94 valence electrons. The van der Waals surface area contributed by atoms with Crippen LogP contribution in [0.2, 0.25) is 0 Å². The van der Waals surface area contributed by atoms with Gasteiger partial charge in [0.1, 0.15) is 0 Å². The molecule has 0 amide bonds. The van der Waals surface area contributed by atoms with E-state index in [1.54, 1.807) is 0 Å². The highest BCUT2D eigenvalue weighted by Crippen LogP contribution is 2.49. The summed E-state index contributed by atoms with van der Waals surface area (Å²) in [6.45, 7) is 8.19. The molecule has 1 aromatic rings. The SMILES string of the molecule is Cc1nn(C(C)C)c(C)c1CC1(C(=O)O)CC1. The molecule has 1 heterocycles. The maximum absolute atomic E-state index is 11.2. The molecule has 1 saturated carbocycles. The van der Waals surface area contributed by atoms with Crippen LogP contribution in [0, 0.1) is 19.3 Å². The van der Waals surface area contributed by atoms with Crippen LogP contribution in [0.25, 0.3) is 0 Å². The minimum atomic E-state index is -0.659. The number of nitrogens with zero attached hydrogens (tertiary/aromatic N) is 2. The van der Waals surface area contributed by atoms with Gasteiger partial charge >= 0.3 is 5.97 Å². The molecule has 0 atom stereocenters. The van der Waals surface area contributed by atoms with Crippen LogP contribution in [0.1, 0.15) is 49.7 Å². The van der Waals surface area contributed by atoms with Crippen LogP contribution in [-0.4, -0.2) is 20.9 Å². The van der Waals surface area contributed by atoms with Gasteiger partial charge in [0, 0.05) is 11.7 Å². The maximum atomic E-state index is 11.2. The molecule has 1 N–H and O–H groups in total. The van der Waals surface area contributed by atoms with Crippen molar-refractivity contribution in [1.82, 2.24) is 9.78 Å². The summed E-state index contributed by atoms with van der Waals surface area (Å²) in [5.41, 5.74) is 2.72. The Morgan fingerprint density at radius 2 is 2.06 bits per heavy atom. The van der Waals surface area contributed by atoms with Crippen molar-refractivity contribution in [3.05, 3.63) is 17.0 Å². The molecule has 1 aromatic heterocycles. The average Bonchev–Trinajstić information content (AvgIpc) is 2.96. The fraction of sp³-hybridized carbons (Fsp3) is 0.692. The van der Waals surface area contributed by atoms with Crippen LogP contribution >= 0.6 is 0 Å². The molecule has 0 spiro atoms. The Labute approximate surface area is 102 Å². The Bertz CT molecular complexity index is 456. The number of aryl methyl sites for hydroxylation is 1. The van der Waals surface area contributed by atoms with Crippen LogP contribution in [0.5, 0.6) is 0 Å². The Hall–Kier alpha value is -1.32. The third kappa shape index (κ3) is 1.96. The lowest BCUT2D eigenvalue weighted by Crippen LogP contribution is -2.18. The van der Waals surface area contributed by atoms with E-state index in [9.17, 15) is 9.90 Å². The quantitative estimate of drug-likeness (QED) is 0.873. The van der Waals surface area contributed by atoms with Gasteiger partial charge in [-0.15, -0.1) is 0 Å². The summed E-state index contributed by atoms with van der Waals surface area (Å²) in [6, 6.07) is 0.322. The highest BCUT2D eigenvalue weighted by Gasteiger charge is 2.50. The van der Waals surface area contributed by atoms with E-state index in [4.69, 9.17) is 0 Å². The summed E-state index contributed by atoms with van der Waals surface area (Å²) in [5.74, 6) is -0.659. The number of hydrogen-bond donors (Lipinski definition) is 1. The van der Waals surface area contributed by atoms with Crippen molar-refractivity contribution in [2.24, 2.45) is 5.41 Å². The Balaban J connectivity index is 2.31. The van der Waals surface area contributed by atoms with Gasteiger partial charge in [0.2, 0.25) is 0 Å². The van der Waals surface area contributed by atoms with Gasteiger partial charge in [-0.3, -0.25) is 9.48 Å². The first-order chi connectivity index (χ1) is 7.87. The van der Waals surface area contributed by atoms with Crippen LogP contribution < -0.4 is 0 Å². The molecule has 2 rings (SSSR count). The summed E-state index contributed by atoms with van der Waals surface area (Å²) in [6.07, 6.45) is 2.23. The summed E-state index contributed by atoms with van der Waals surface area (Å²) < 4.78 is 1.99. The normalized spacial score (nSPS) is 17.5. The van der Waals surface area contributed by atoms with Gasteiger partial charge in [-0.05, 0) is 52.5 Å². The van der Waals surface area contributed by atoms with Crippen molar-refractivity contribution < 1.29 is 9.90 Å². The molecule has 17 heavy (non-hydrogen) atoms. The van der Waals surface area contributed by atoms with Crippen molar-refractivity contribution in [3.8, 4) is 0 Å². The van der Waals surface area contributed by atoms with E-state index in [1.165, 1.54) is 0 Å². The first-order valence-corrected chi connectivity index (χ1v) is 6.15. The van der Waals surface area contributed by atoms with Crippen molar-refractivity contribution in [3.63, 3.8) is 0 Å². The molecule has 1 aliphatic rings. The molecule has 1 aliphatic carbocycles. The Morgan fingerprint density at radius 3 is 2.41 bits per heavy atom. The highest BCUT2D eigenvalue weighted by atomic mass is 16.4. The summed E-state index contributed by atoms with van der Waals surface area (Å²) in [5, 5.41) is 13.7. The van der Waals surface area contributed by atoms with Gasteiger partial charge in [0.15, 0.2) is 0 Å². The van der Waals surface area contributed by atoms with Gasteiger partial charge in [-0.1, -0.05) is 0 Å². The van der Waals surface area contributed by atoms with E-state index in [1.807, 2.05) is 18.5 Å². The smallest absolute Gasteiger partial charge is 0.309 e. The molecular formula is C13H20N2O2. The highest BCUT2D eigenvalue weighted by molar-refractivity contribution is 5.78. The lowest BCUT2D eigenvalue weighted by Gasteiger charge is -2.11. The Kier molecular flexibility index (Phi) is 2.76. The predicted molar refractivity (Wildman–Crippen MR) is 65.1 cm³/mol. The number of carboxylic acids is 1. The van der Waals surface area contributed by atoms with Crippen LogP contribution in [0.4, 0.5) is 0 Å². The van der Waals surface area contributed by atoms with Crippen molar-refractivity contribution in [2.75, 3.05) is 0 Å². The monoisotopic (exact) mass is 236 g/mol. The number of carbonyl (C=O) groups is 1. The molecule has 4 heteroatoms. The minimum Gasteiger partial charge on any atom is -0.481 e. The van der Waals surface area contributed by atoms with Crippen molar-refractivity contribution in [1.29, 1.82) is 0 Å². The second kappa shape index (κ2) is 3.86. The van der Waals surface area contributed by atoms with Crippen LogP contribution in [-0.2, 0) is 11.2 Å². The number of aromatic nitrogens is 2. The number of rotatable bonds is 4. The van der Waals surface area contributed by atoms with E-state index in [-0.39, 0.29) is 0 Å². The number of carboxylic acid groups (broad SMARTS) is 1. The van der Waals surface area contributed by atoms with Crippen molar-refractivity contribution in [2.45, 2.75) is 53.0 Å². The molecule has 4 nitrogen and oxygen atoms in total. The van der Waals surface area contributed by atoms with E-state index < -0.39 is 11.4 Å². The first kappa shape index (κ1) is 12.1. The lowest BCUT2D eigenvalue weighted by molar-refractivity contribution is -0.143. The zero-order valence-corrected chi connectivity index (χ0v) is 10.9. The molecule has 0 aliphatic heterocycles. The predicted octanol–water partition coefficient (Wildman–Crippen LogP) is 2.49. The maximum Gasteiger partial charge on any atom is 0.309 e. The second-order valence-corrected chi connectivity index (χ2v) is 5.45. The zero-order chi connectivity index (χ0) is 12.8. The third-order valence-electron chi connectivity index (χ3n) is 3.79. The topological polar surface area (TPSA) is 55.1 Å². The molecular weight excluding hydrogens is 216 g/mol. The third-order valence-corrected chi connectivity index (χ3v) is 3.79. The molecule has 0 radical (unpaired) electrons. The van der Waals surface area contributed by atoms with E-state index in [0.717, 1.165) is 29.8 Å². The van der Waals surface area contributed by atoms with Gasteiger partial charge < -0.3 is 5.11 Å². The lowest BCUT2D eigenvalue weighted by atomic mass is 9.95. The molecule has 0 bridgehead atoms. The molecule has 0 aromatic carbocycles. The van der Waals surface area contributed by atoms with Crippen molar-refractivity contribution >= 4 is 5.97 Å². The minimum absolute atomic E-state index is 0.322. The largest absolute Gasteiger partial charge is 0.481 e. The fourth-order valence-electron chi connectivity index (χ4n) is 2.41. The van der Waals surface area contributed by atoms with Crippen LogP contribution in [0.3, 0.4) is 0 Å². The van der Waals surface area contributed by atoms with Crippen LogP contribution in [0.15, 0.2) is 0 Å². The average molecular weight is 236 g/mol. The first-order valence-electron chi connectivity index (χ1n) is 6.15. The number of aliphatic carboxylic acids is 1.